The lowest BCUT2D eigenvalue weighted by atomic mass is 9.67. The molecule has 8 rings (SSSR count). The molecule has 2 aliphatic carbocycles. The normalized spacial score (nSPS) is 14.5. The van der Waals surface area contributed by atoms with Crippen molar-refractivity contribution >= 4 is 0 Å². The van der Waals surface area contributed by atoms with E-state index in [4.69, 9.17) is 9.97 Å². The Balaban J connectivity index is 1.30. The van der Waals surface area contributed by atoms with E-state index in [0.29, 0.717) is 0 Å². The molecule has 0 aliphatic heterocycles. The van der Waals surface area contributed by atoms with Gasteiger partial charge in [0.2, 0.25) is 0 Å². The molecule has 44 heavy (non-hydrogen) atoms. The molecule has 5 aromatic carbocycles. The maximum atomic E-state index is 9.73. The summed E-state index contributed by atoms with van der Waals surface area (Å²) >= 11 is 0. The minimum absolute atomic E-state index is 0.00699. The van der Waals surface area contributed by atoms with E-state index in [1.807, 2.05) is 36.5 Å². The average molecular weight is 566 g/mol. The Morgan fingerprint density at radius 3 is 2.00 bits per heavy atom. The second kappa shape index (κ2) is 10.7. The van der Waals surface area contributed by atoms with Crippen molar-refractivity contribution in [3.63, 3.8) is 0 Å². The van der Waals surface area contributed by atoms with E-state index in [2.05, 4.69) is 97.1 Å². The van der Waals surface area contributed by atoms with Crippen LogP contribution in [0, 0.1) is 11.3 Å². The summed E-state index contributed by atoms with van der Waals surface area (Å²) in [7, 11) is 0. The third-order valence-electron chi connectivity index (χ3n) is 9.58. The highest BCUT2D eigenvalue weighted by atomic mass is 14.8. The van der Waals surface area contributed by atoms with Gasteiger partial charge in [-0.2, -0.15) is 5.26 Å². The van der Waals surface area contributed by atoms with Crippen LogP contribution in [0.4, 0.5) is 0 Å². The van der Waals surface area contributed by atoms with Gasteiger partial charge in [0.25, 0.3) is 0 Å². The Bertz CT molecular complexity index is 2050. The fraction of sp³-hybridized carbons (Fsp3) is 0.146. The molecule has 0 atom stereocenters. The average Bonchev–Trinajstić information content (AvgIpc) is 3.36. The fourth-order valence-corrected chi connectivity index (χ4v) is 7.51. The predicted octanol–water partition coefficient (Wildman–Crippen LogP) is 10.2. The van der Waals surface area contributed by atoms with Gasteiger partial charge in [0, 0.05) is 22.1 Å². The molecule has 0 N–H and O–H groups in total. The van der Waals surface area contributed by atoms with Gasteiger partial charge in [-0.15, -0.1) is 0 Å². The van der Waals surface area contributed by atoms with Crippen molar-refractivity contribution < 1.29 is 0 Å². The van der Waals surface area contributed by atoms with Gasteiger partial charge in [0.1, 0.15) is 0 Å². The molecule has 1 spiro atoms. The first-order chi connectivity index (χ1) is 21.7. The number of fused-ring (bicyclic) bond motifs is 5. The van der Waals surface area contributed by atoms with Gasteiger partial charge in [0.05, 0.1) is 34.9 Å². The lowest BCUT2D eigenvalue weighted by Crippen LogP contribution is -2.28. The summed E-state index contributed by atoms with van der Waals surface area (Å²) in [6, 6.07) is 44.9. The molecular formula is C41H31N3. The Morgan fingerprint density at radius 2 is 1.25 bits per heavy atom. The van der Waals surface area contributed by atoms with E-state index in [1.165, 1.54) is 41.5 Å². The zero-order chi connectivity index (χ0) is 29.5. The highest BCUT2D eigenvalue weighted by Gasteiger charge is 2.44. The van der Waals surface area contributed by atoms with Gasteiger partial charge in [-0.25, -0.2) is 4.98 Å². The van der Waals surface area contributed by atoms with Crippen LogP contribution >= 0.6 is 0 Å². The molecule has 1 fully saturated rings. The van der Waals surface area contributed by atoms with Crippen molar-refractivity contribution in [2.75, 3.05) is 0 Å². The number of nitrogens with zero attached hydrogens (tertiary/aromatic N) is 3. The third-order valence-corrected chi connectivity index (χ3v) is 9.58. The maximum absolute atomic E-state index is 9.73. The fourth-order valence-electron chi connectivity index (χ4n) is 7.51. The number of nitriles is 1. The van der Waals surface area contributed by atoms with Crippen LogP contribution < -0.4 is 0 Å². The molecule has 210 valence electrons. The second-order valence-electron chi connectivity index (χ2n) is 12.0. The highest BCUT2D eigenvalue weighted by Crippen LogP contribution is 2.56. The lowest BCUT2D eigenvalue weighted by Gasteiger charge is -2.36. The molecule has 1 aromatic heterocycles. The smallest absolute Gasteiger partial charge is 0.0991 e. The monoisotopic (exact) mass is 565 g/mol. The summed E-state index contributed by atoms with van der Waals surface area (Å²) in [5, 5.41) is 9.73. The molecule has 0 amide bonds. The second-order valence-corrected chi connectivity index (χ2v) is 12.0. The van der Waals surface area contributed by atoms with Crippen molar-refractivity contribution in [2.24, 2.45) is 0 Å². The Kier molecular flexibility index (Phi) is 6.42. The molecule has 2 aliphatic rings. The van der Waals surface area contributed by atoms with Crippen molar-refractivity contribution in [1.29, 1.82) is 5.26 Å². The van der Waals surface area contributed by atoms with E-state index in [9.17, 15) is 5.26 Å². The van der Waals surface area contributed by atoms with Crippen LogP contribution in [-0.4, -0.2) is 9.97 Å². The van der Waals surface area contributed by atoms with Gasteiger partial charge in [-0.3, -0.25) is 4.98 Å². The number of benzene rings is 5. The first kappa shape index (κ1) is 26.3. The number of rotatable bonds is 4. The molecule has 6 aromatic rings. The first-order valence-electron chi connectivity index (χ1n) is 15.5. The van der Waals surface area contributed by atoms with Gasteiger partial charge in [-0.05, 0) is 64.4 Å². The summed E-state index contributed by atoms with van der Waals surface area (Å²) in [5.74, 6) is 0. The minimum atomic E-state index is 0.00699. The molecule has 1 heterocycles. The summed E-state index contributed by atoms with van der Waals surface area (Å²) in [6.07, 6.45) is 7.90. The summed E-state index contributed by atoms with van der Waals surface area (Å²) in [5.41, 5.74) is 14.1. The summed E-state index contributed by atoms with van der Waals surface area (Å²) in [4.78, 5) is 10.3. The van der Waals surface area contributed by atoms with Gasteiger partial charge >= 0.3 is 0 Å². The number of aromatic nitrogens is 2. The Morgan fingerprint density at radius 1 is 0.545 bits per heavy atom. The van der Waals surface area contributed by atoms with E-state index in [0.717, 1.165) is 63.3 Å². The van der Waals surface area contributed by atoms with Gasteiger partial charge < -0.3 is 0 Å². The SMILES string of the molecule is N#Cc1ccc2c(c1)C1(CCCCC1)c1ccc(-c3ccccc3-c3ncc(-c4ccccc4)nc3-c3ccccc3)cc1-2. The largest absolute Gasteiger partial charge is 0.252 e. The van der Waals surface area contributed by atoms with Crippen LogP contribution in [0.1, 0.15) is 48.8 Å². The molecule has 0 radical (unpaired) electrons. The van der Waals surface area contributed by atoms with Crippen molar-refractivity contribution in [2.45, 2.75) is 37.5 Å². The first-order valence-corrected chi connectivity index (χ1v) is 15.5. The maximum Gasteiger partial charge on any atom is 0.0991 e. The van der Waals surface area contributed by atoms with Crippen LogP contribution in [0.3, 0.4) is 0 Å². The van der Waals surface area contributed by atoms with Crippen molar-refractivity contribution in [1.82, 2.24) is 9.97 Å². The van der Waals surface area contributed by atoms with E-state index in [-0.39, 0.29) is 5.41 Å². The topological polar surface area (TPSA) is 49.6 Å². The zero-order valence-corrected chi connectivity index (χ0v) is 24.5. The molecule has 0 unspecified atom stereocenters. The predicted molar refractivity (Wildman–Crippen MR) is 178 cm³/mol. The van der Waals surface area contributed by atoms with E-state index in [1.54, 1.807) is 0 Å². The standard InChI is InChI=1S/C41H31N3/c42-26-28-18-20-33-35-25-31(19-21-36(35)41(37(33)24-28)22-10-3-11-23-41)32-16-8-9-17-34(32)40-39(30-14-6-2-7-15-30)44-38(27-43-40)29-12-4-1-5-13-29/h1-2,4-9,12-21,24-25,27H,3,10-11,22-23H2. The quantitative estimate of drug-likeness (QED) is 0.214. The highest BCUT2D eigenvalue weighted by molar-refractivity contribution is 5.92. The molecule has 3 nitrogen and oxygen atoms in total. The minimum Gasteiger partial charge on any atom is -0.252 e. The van der Waals surface area contributed by atoms with Crippen LogP contribution in [0.15, 0.2) is 128 Å². The van der Waals surface area contributed by atoms with Crippen molar-refractivity contribution in [3.05, 3.63) is 144 Å². The van der Waals surface area contributed by atoms with Gasteiger partial charge in [0.15, 0.2) is 0 Å². The zero-order valence-electron chi connectivity index (χ0n) is 24.5. The summed E-state index contributed by atoms with van der Waals surface area (Å²) < 4.78 is 0. The van der Waals surface area contributed by atoms with E-state index >= 15 is 0 Å². The van der Waals surface area contributed by atoms with Crippen LogP contribution in [0.25, 0.3) is 56.0 Å². The number of hydrogen-bond donors (Lipinski definition) is 0. The Hall–Kier alpha value is -5.33. The molecule has 0 saturated heterocycles. The molecule has 0 bridgehead atoms. The summed E-state index contributed by atoms with van der Waals surface area (Å²) in [6.45, 7) is 0. The van der Waals surface area contributed by atoms with Crippen molar-refractivity contribution in [3.8, 4) is 62.1 Å². The molecule has 1 saturated carbocycles. The molecular weight excluding hydrogens is 534 g/mol. The van der Waals surface area contributed by atoms with Crippen LogP contribution in [0.2, 0.25) is 0 Å². The van der Waals surface area contributed by atoms with Crippen LogP contribution in [0.5, 0.6) is 0 Å². The van der Waals surface area contributed by atoms with Gasteiger partial charge in [-0.1, -0.05) is 122 Å². The van der Waals surface area contributed by atoms with E-state index < -0.39 is 0 Å². The van der Waals surface area contributed by atoms with Crippen LogP contribution in [-0.2, 0) is 5.41 Å². The number of hydrogen-bond acceptors (Lipinski definition) is 3. The lowest BCUT2D eigenvalue weighted by molar-refractivity contribution is 0.353. The Labute approximate surface area is 258 Å². The molecule has 3 heteroatoms. The third kappa shape index (κ3) is 4.26.